The average Bonchev–Trinajstić information content (AvgIpc) is 2.05. The summed E-state index contributed by atoms with van der Waals surface area (Å²) in [6.45, 7) is 2.04. The van der Waals surface area contributed by atoms with Crippen molar-refractivity contribution in [3.63, 3.8) is 0 Å². The third-order valence-corrected chi connectivity index (χ3v) is 1.63. The lowest BCUT2D eigenvalue weighted by atomic mass is 10.2. The molecule has 64 valence electrons. The van der Waals surface area contributed by atoms with E-state index in [-0.39, 0.29) is 6.42 Å². The summed E-state index contributed by atoms with van der Waals surface area (Å²) in [4.78, 5) is 14.3. The van der Waals surface area contributed by atoms with Crippen LogP contribution in [-0.4, -0.2) is 16.1 Å². The van der Waals surface area contributed by atoms with Gasteiger partial charge in [0.2, 0.25) is 0 Å². The van der Waals surface area contributed by atoms with E-state index < -0.39 is 5.97 Å². The van der Waals surface area contributed by atoms with Crippen molar-refractivity contribution in [2.75, 3.05) is 0 Å². The lowest BCUT2D eigenvalue weighted by Crippen LogP contribution is -2.02. The first-order valence-corrected chi connectivity index (χ1v) is 3.88. The number of hydrogen-bond donors (Lipinski definition) is 1. The molecule has 0 saturated heterocycles. The van der Waals surface area contributed by atoms with E-state index in [1.165, 1.54) is 0 Å². The SMILES string of the molecule is CCc1ccc(CC(=O)O)nc1. The summed E-state index contributed by atoms with van der Waals surface area (Å²) >= 11 is 0. The first-order valence-electron chi connectivity index (χ1n) is 3.88. The molecule has 0 fully saturated rings. The minimum atomic E-state index is -0.841. The van der Waals surface area contributed by atoms with E-state index in [2.05, 4.69) is 4.98 Å². The Bertz CT molecular complexity index is 266. The van der Waals surface area contributed by atoms with Crippen molar-refractivity contribution in [3.05, 3.63) is 29.6 Å². The molecule has 0 bridgehead atoms. The number of aromatic nitrogens is 1. The summed E-state index contributed by atoms with van der Waals surface area (Å²) in [5.41, 5.74) is 1.74. The lowest BCUT2D eigenvalue weighted by Gasteiger charge is -1.97. The second-order valence-electron chi connectivity index (χ2n) is 2.58. The number of carboxylic acid groups (broad SMARTS) is 1. The number of nitrogens with zero attached hydrogens (tertiary/aromatic N) is 1. The van der Waals surface area contributed by atoms with Crippen molar-refractivity contribution in [3.8, 4) is 0 Å². The molecule has 0 aliphatic rings. The molecular weight excluding hydrogens is 154 g/mol. The molecule has 0 amide bonds. The van der Waals surface area contributed by atoms with Gasteiger partial charge in [0, 0.05) is 6.20 Å². The van der Waals surface area contributed by atoms with E-state index in [1.807, 2.05) is 13.0 Å². The minimum absolute atomic E-state index is 0.00396. The van der Waals surface area contributed by atoms with Crippen LogP contribution < -0.4 is 0 Å². The molecule has 0 unspecified atom stereocenters. The Kier molecular flexibility index (Phi) is 2.80. The van der Waals surface area contributed by atoms with Crippen molar-refractivity contribution in [1.29, 1.82) is 0 Å². The van der Waals surface area contributed by atoms with Crippen LogP contribution >= 0.6 is 0 Å². The predicted octanol–water partition coefficient (Wildman–Crippen LogP) is 1.27. The van der Waals surface area contributed by atoms with Crippen LogP contribution in [-0.2, 0) is 17.6 Å². The third kappa shape index (κ3) is 2.34. The summed E-state index contributed by atoms with van der Waals surface area (Å²) in [7, 11) is 0. The molecule has 0 saturated carbocycles. The molecular formula is C9H11NO2. The van der Waals surface area contributed by atoms with Gasteiger partial charge in [-0.15, -0.1) is 0 Å². The fourth-order valence-electron chi connectivity index (χ4n) is 0.924. The van der Waals surface area contributed by atoms with Gasteiger partial charge in [-0.25, -0.2) is 0 Å². The van der Waals surface area contributed by atoms with Gasteiger partial charge in [-0.1, -0.05) is 13.0 Å². The zero-order chi connectivity index (χ0) is 8.97. The van der Waals surface area contributed by atoms with Crippen LogP contribution in [0.3, 0.4) is 0 Å². The van der Waals surface area contributed by atoms with Crippen molar-refractivity contribution in [2.24, 2.45) is 0 Å². The highest BCUT2D eigenvalue weighted by Crippen LogP contribution is 2.01. The summed E-state index contributed by atoms with van der Waals surface area (Å²) in [6.07, 6.45) is 2.66. The average molecular weight is 165 g/mol. The Balaban J connectivity index is 2.71. The standard InChI is InChI=1S/C9H11NO2/c1-2-7-3-4-8(10-6-7)5-9(11)12/h3-4,6H,2,5H2,1H3,(H,11,12). The van der Waals surface area contributed by atoms with Gasteiger partial charge in [-0.3, -0.25) is 9.78 Å². The highest BCUT2D eigenvalue weighted by atomic mass is 16.4. The van der Waals surface area contributed by atoms with E-state index in [0.29, 0.717) is 5.69 Å². The van der Waals surface area contributed by atoms with Crippen LogP contribution in [0.25, 0.3) is 0 Å². The maximum absolute atomic E-state index is 10.3. The van der Waals surface area contributed by atoms with Gasteiger partial charge in [-0.05, 0) is 18.1 Å². The van der Waals surface area contributed by atoms with E-state index in [0.717, 1.165) is 12.0 Å². The monoisotopic (exact) mass is 165 g/mol. The molecule has 0 radical (unpaired) electrons. The fraction of sp³-hybridized carbons (Fsp3) is 0.333. The van der Waals surface area contributed by atoms with Crippen molar-refractivity contribution in [1.82, 2.24) is 4.98 Å². The number of rotatable bonds is 3. The van der Waals surface area contributed by atoms with Gasteiger partial charge < -0.3 is 5.11 Å². The number of aliphatic carboxylic acids is 1. The van der Waals surface area contributed by atoms with Crippen molar-refractivity contribution < 1.29 is 9.90 Å². The van der Waals surface area contributed by atoms with Crippen LogP contribution in [0.4, 0.5) is 0 Å². The van der Waals surface area contributed by atoms with E-state index in [4.69, 9.17) is 5.11 Å². The fourth-order valence-corrected chi connectivity index (χ4v) is 0.924. The second kappa shape index (κ2) is 3.85. The van der Waals surface area contributed by atoms with E-state index >= 15 is 0 Å². The summed E-state index contributed by atoms with van der Waals surface area (Å²) in [5.74, 6) is -0.841. The zero-order valence-corrected chi connectivity index (χ0v) is 6.95. The Morgan fingerprint density at radius 3 is 2.75 bits per heavy atom. The molecule has 0 atom stereocenters. The Morgan fingerprint density at radius 1 is 1.58 bits per heavy atom. The lowest BCUT2D eigenvalue weighted by molar-refractivity contribution is -0.136. The van der Waals surface area contributed by atoms with Crippen LogP contribution in [0.5, 0.6) is 0 Å². The zero-order valence-electron chi connectivity index (χ0n) is 6.95. The van der Waals surface area contributed by atoms with Gasteiger partial charge in [0.15, 0.2) is 0 Å². The molecule has 1 rings (SSSR count). The normalized spacial score (nSPS) is 9.75. The van der Waals surface area contributed by atoms with Gasteiger partial charge in [0.1, 0.15) is 0 Å². The molecule has 0 aliphatic carbocycles. The molecule has 1 N–H and O–H groups in total. The maximum Gasteiger partial charge on any atom is 0.309 e. The molecule has 0 aromatic carbocycles. The van der Waals surface area contributed by atoms with Crippen LogP contribution in [0.1, 0.15) is 18.2 Å². The summed E-state index contributed by atoms with van der Waals surface area (Å²) in [6, 6.07) is 3.66. The number of aryl methyl sites for hydroxylation is 1. The molecule has 1 aromatic rings. The molecule has 1 heterocycles. The van der Waals surface area contributed by atoms with E-state index in [9.17, 15) is 4.79 Å². The number of carbonyl (C=O) groups is 1. The largest absolute Gasteiger partial charge is 0.481 e. The maximum atomic E-state index is 10.3. The minimum Gasteiger partial charge on any atom is -0.481 e. The van der Waals surface area contributed by atoms with Crippen LogP contribution in [0, 0.1) is 0 Å². The smallest absolute Gasteiger partial charge is 0.309 e. The number of carboxylic acids is 1. The third-order valence-electron chi connectivity index (χ3n) is 1.63. The Morgan fingerprint density at radius 2 is 2.33 bits per heavy atom. The molecule has 0 spiro atoms. The van der Waals surface area contributed by atoms with Crippen molar-refractivity contribution >= 4 is 5.97 Å². The van der Waals surface area contributed by atoms with Gasteiger partial charge >= 0.3 is 5.97 Å². The number of pyridine rings is 1. The van der Waals surface area contributed by atoms with Gasteiger partial charge in [0.05, 0.1) is 12.1 Å². The molecule has 12 heavy (non-hydrogen) atoms. The highest BCUT2D eigenvalue weighted by molar-refractivity contribution is 5.69. The highest BCUT2D eigenvalue weighted by Gasteiger charge is 2.00. The molecule has 3 nitrogen and oxygen atoms in total. The van der Waals surface area contributed by atoms with Crippen LogP contribution in [0.2, 0.25) is 0 Å². The second-order valence-corrected chi connectivity index (χ2v) is 2.58. The topological polar surface area (TPSA) is 50.2 Å². The molecule has 0 aliphatic heterocycles. The quantitative estimate of drug-likeness (QED) is 0.733. The van der Waals surface area contributed by atoms with Crippen molar-refractivity contribution in [2.45, 2.75) is 19.8 Å². The van der Waals surface area contributed by atoms with E-state index in [1.54, 1.807) is 12.3 Å². The van der Waals surface area contributed by atoms with Crippen LogP contribution in [0.15, 0.2) is 18.3 Å². The first-order chi connectivity index (χ1) is 5.72. The summed E-state index contributed by atoms with van der Waals surface area (Å²) in [5, 5.41) is 8.45. The first kappa shape index (κ1) is 8.71. The molecule has 3 heteroatoms. The van der Waals surface area contributed by atoms with Gasteiger partial charge in [0.25, 0.3) is 0 Å². The summed E-state index contributed by atoms with van der Waals surface area (Å²) < 4.78 is 0. The Hall–Kier alpha value is -1.38. The predicted molar refractivity (Wildman–Crippen MR) is 45.0 cm³/mol. The van der Waals surface area contributed by atoms with Gasteiger partial charge in [-0.2, -0.15) is 0 Å². The Labute approximate surface area is 71.1 Å². The molecule has 1 aromatic heterocycles. The number of hydrogen-bond acceptors (Lipinski definition) is 2.